The van der Waals surface area contributed by atoms with E-state index in [0.29, 0.717) is 17.0 Å². The number of carbonyl (C=O) groups is 3. The van der Waals surface area contributed by atoms with Gasteiger partial charge in [-0.15, -0.1) is 23.1 Å². The van der Waals surface area contributed by atoms with E-state index in [0.717, 1.165) is 17.0 Å². The Hall–Kier alpha value is -4.44. The zero-order chi connectivity index (χ0) is 27.0. The standard InChI is InChI=1S/C22H20N8O6S2/c1-36-27-15(13-10-38-22(23)25-13)18(31)26-16-19(32)30-17(21(33)34)11(9-37-20(16)30)7-28-8-12(6-24-35)29-5-3-2-4-14(28)29/h2-6,8,10,16,20H,7,9H2,1H3,(H4-,23,25,26,31,33,34,35)/p+1/t16-,20+/m1/s1. The molecule has 0 aliphatic carbocycles. The van der Waals surface area contributed by atoms with E-state index in [1.165, 1.54) is 35.4 Å². The van der Waals surface area contributed by atoms with Crippen molar-refractivity contribution in [2.24, 2.45) is 10.3 Å². The first-order chi connectivity index (χ1) is 18.3. The summed E-state index contributed by atoms with van der Waals surface area (Å²) >= 11 is 2.46. The Kier molecular flexibility index (Phi) is 6.73. The minimum Gasteiger partial charge on any atom is -0.477 e. The molecule has 2 amide bonds. The number of thiazole rings is 1. The van der Waals surface area contributed by atoms with Gasteiger partial charge in [0.05, 0.1) is 6.20 Å². The number of thioether (sulfide) groups is 1. The van der Waals surface area contributed by atoms with Crippen molar-refractivity contribution in [3.63, 3.8) is 0 Å². The Morgan fingerprint density at radius 3 is 2.92 bits per heavy atom. The minimum atomic E-state index is -1.25. The Labute approximate surface area is 222 Å². The average molecular weight is 558 g/mol. The van der Waals surface area contributed by atoms with Crippen LogP contribution in [0.5, 0.6) is 0 Å². The van der Waals surface area contributed by atoms with Gasteiger partial charge in [0.2, 0.25) is 0 Å². The molecule has 5 N–H and O–H groups in total. The topological polar surface area (TPSA) is 188 Å². The number of carboxylic acids is 1. The Morgan fingerprint density at radius 1 is 1.42 bits per heavy atom. The third-order valence-electron chi connectivity index (χ3n) is 5.95. The van der Waals surface area contributed by atoms with Crippen LogP contribution in [0.2, 0.25) is 0 Å². The molecule has 0 bridgehead atoms. The quantitative estimate of drug-likeness (QED) is 0.0961. The van der Waals surface area contributed by atoms with Crippen LogP contribution in [0.1, 0.15) is 11.4 Å². The number of carboxylic acid groups (broad SMARTS) is 1. The molecule has 0 aromatic carbocycles. The highest BCUT2D eigenvalue weighted by atomic mass is 32.2. The summed E-state index contributed by atoms with van der Waals surface area (Å²) in [6, 6.07) is 4.52. The lowest BCUT2D eigenvalue weighted by molar-refractivity contribution is -0.662. The van der Waals surface area contributed by atoms with E-state index in [9.17, 15) is 19.5 Å². The number of aliphatic carboxylic acids is 1. The first kappa shape index (κ1) is 25.2. The summed E-state index contributed by atoms with van der Waals surface area (Å²) in [6.45, 7) is 0.185. The summed E-state index contributed by atoms with van der Waals surface area (Å²) in [5, 5.41) is 29.6. The van der Waals surface area contributed by atoms with Gasteiger partial charge in [0.1, 0.15) is 48.9 Å². The lowest BCUT2D eigenvalue weighted by Gasteiger charge is -2.49. The summed E-state index contributed by atoms with van der Waals surface area (Å²) in [5.74, 6) is -2.19. The number of pyridine rings is 1. The number of nitrogens with two attached hydrogens (primary N) is 1. The summed E-state index contributed by atoms with van der Waals surface area (Å²) in [5.41, 5.74) is 7.41. The fraction of sp³-hybridized carbons (Fsp3) is 0.227. The molecule has 14 nitrogen and oxygen atoms in total. The summed E-state index contributed by atoms with van der Waals surface area (Å²) in [4.78, 5) is 48.3. The van der Waals surface area contributed by atoms with E-state index in [4.69, 9.17) is 15.8 Å². The lowest BCUT2D eigenvalue weighted by Crippen LogP contribution is -2.71. The van der Waals surface area contributed by atoms with Crippen LogP contribution in [0.3, 0.4) is 0 Å². The van der Waals surface area contributed by atoms with Gasteiger partial charge in [0.25, 0.3) is 17.5 Å². The molecule has 5 heterocycles. The predicted octanol–water partition coefficient (Wildman–Crippen LogP) is -0.137. The smallest absolute Gasteiger partial charge is 0.352 e. The molecule has 2 aliphatic heterocycles. The molecule has 2 aliphatic rings. The number of hydrogen-bond donors (Lipinski definition) is 4. The van der Waals surface area contributed by atoms with Crippen molar-refractivity contribution in [2.75, 3.05) is 18.6 Å². The number of aromatic nitrogens is 3. The lowest BCUT2D eigenvalue weighted by atomic mass is 10.0. The Balaban J connectivity index is 1.40. The molecule has 2 atom stereocenters. The number of fused-ring (bicyclic) bond motifs is 2. The first-order valence-electron chi connectivity index (χ1n) is 11.0. The second-order valence-electron chi connectivity index (χ2n) is 8.17. The molecule has 16 heteroatoms. The molecular formula is C22H21N8O6S2+. The van der Waals surface area contributed by atoms with Crippen molar-refractivity contribution >= 4 is 63.6 Å². The van der Waals surface area contributed by atoms with E-state index in [1.54, 1.807) is 16.8 Å². The third-order valence-corrected chi connectivity index (χ3v) is 7.96. The van der Waals surface area contributed by atoms with Crippen molar-refractivity contribution in [1.82, 2.24) is 19.6 Å². The molecule has 196 valence electrons. The van der Waals surface area contributed by atoms with E-state index in [-0.39, 0.29) is 28.8 Å². The van der Waals surface area contributed by atoms with Crippen molar-refractivity contribution < 1.29 is 34.1 Å². The predicted molar refractivity (Wildman–Crippen MR) is 137 cm³/mol. The zero-order valence-corrected chi connectivity index (χ0v) is 21.3. The second kappa shape index (κ2) is 10.1. The highest BCUT2D eigenvalue weighted by molar-refractivity contribution is 8.00. The molecule has 1 fully saturated rings. The SMILES string of the molecule is CON=C(C(=O)N[C@@H]1C(=O)N2C(C(=O)O)=C(C[n+]3cc(C=NO)n4ccccc43)CS[C@@H]12)c1csc(N)n1. The van der Waals surface area contributed by atoms with Crippen LogP contribution in [-0.2, 0) is 25.8 Å². The fourth-order valence-corrected chi connectivity index (χ4v) is 6.25. The summed E-state index contributed by atoms with van der Waals surface area (Å²) in [6.07, 6.45) is 4.78. The van der Waals surface area contributed by atoms with Gasteiger partial charge in [0.15, 0.2) is 16.5 Å². The Morgan fingerprint density at radius 2 is 2.24 bits per heavy atom. The summed E-state index contributed by atoms with van der Waals surface area (Å²) < 4.78 is 3.60. The molecule has 0 saturated carbocycles. The number of β-lactam (4-membered cyclic amide) rings is 1. The maximum Gasteiger partial charge on any atom is 0.352 e. The number of anilines is 1. The molecule has 3 aromatic rings. The number of hydrogen-bond acceptors (Lipinski definition) is 11. The number of imidazole rings is 1. The van der Waals surface area contributed by atoms with Crippen molar-refractivity contribution in [3.05, 3.63) is 58.6 Å². The zero-order valence-electron chi connectivity index (χ0n) is 19.7. The number of oxime groups is 2. The maximum absolute atomic E-state index is 13.1. The number of nitrogens with zero attached hydrogens (tertiary/aromatic N) is 6. The minimum absolute atomic E-state index is 0.123. The summed E-state index contributed by atoms with van der Waals surface area (Å²) in [7, 11) is 1.27. The van der Waals surface area contributed by atoms with Crippen LogP contribution in [-0.4, -0.2) is 78.6 Å². The van der Waals surface area contributed by atoms with E-state index in [2.05, 4.69) is 20.6 Å². The van der Waals surface area contributed by atoms with Gasteiger partial charge < -0.3 is 26.2 Å². The fourth-order valence-electron chi connectivity index (χ4n) is 4.37. The van der Waals surface area contributed by atoms with Crippen LogP contribution >= 0.6 is 23.1 Å². The maximum atomic E-state index is 13.1. The average Bonchev–Trinajstić information content (AvgIpc) is 3.49. The first-order valence-corrected chi connectivity index (χ1v) is 13.0. The Bertz CT molecular complexity index is 1540. The van der Waals surface area contributed by atoms with Crippen molar-refractivity contribution in [3.8, 4) is 0 Å². The van der Waals surface area contributed by atoms with E-state index >= 15 is 0 Å². The number of carbonyl (C=O) groups excluding carboxylic acids is 2. The third kappa shape index (κ3) is 4.32. The monoisotopic (exact) mass is 557 g/mol. The van der Waals surface area contributed by atoms with Crippen molar-refractivity contribution in [2.45, 2.75) is 18.0 Å². The molecule has 1 saturated heterocycles. The highest BCUT2D eigenvalue weighted by Gasteiger charge is 2.54. The molecule has 3 aromatic heterocycles. The normalized spacial score (nSPS) is 19.6. The van der Waals surface area contributed by atoms with Gasteiger partial charge in [0, 0.05) is 22.8 Å². The van der Waals surface area contributed by atoms with E-state index in [1.807, 2.05) is 22.8 Å². The largest absolute Gasteiger partial charge is 0.477 e. The second-order valence-corrected chi connectivity index (χ2v) is 10.2. The molecule has 0 spiro atoms. The van der Waals surface area contributed by atoms with Crippen LogP contribution in [0, 0.1) is 0 Å². The van der Waals surface area contributed by atoms with Gasteiger partial charge in [-0.1, -0.05) is 16.4 Å². The number of rotatable bonds is 8. The van der Waals surface area contributed by atoms with Gasteiger partial charge in [-0.3, -0.25) is 14.5 Å². The van der Waals surface area contributed by atoms with Crippen LogP contribution in [0.15, 0.2) is 57.6 Å². The van der Waals surface area contributed by atoms with E-state index < -0.39 is 29.2 Å². The van der Waals surface area contributed by atoms with Crippen LogP contribution in [0.25, 0.3) is 5.65 Å². The van der Waals surface area contributed by atoms with Crippen LogP contribution in [0.4, 0.5) is 5.13 Å². The number of nitrogens with one attached hydrogen (secondary N) is 1. The van der Waals surface area contributed by atoms with Gasteiger partial charge in [-0.05, 0) is 6.07 Å². The van der Waals surface area contributed by atoms with Gasteiger partial charge >= 0.3 is 5.97 Å². The van der Waals surface area contributed by atoms with Gasteiger partial charge in [-0.25, -0.2) is 14.3 Å². The number of nitrogen functional groups attached to an aromatic ring is 1. The molecule has 38 heavy (non-hydrogen) atoms. The molecular weight excluding hydrogens is 536 g/mol. The van der Waals surface area contributed by atoms with Crippen LogP contribution < -0.4 is 15.6 Å². The molecule has 0 radical (unpaired) electrons. The highest BCUT2D eigenvalue weighted by Crippen LogP contribution is 2.40. The molecule has 5 rings (SSSR count). The van der Waals surface area contributed by atoms with Crippen molar-refractivity contribution in [1.29, 1.82) is 0 Å². The molecule has 0 unspecified atom stereocenters. The van der Waals surface area contributed by atoms with Gasteiger partial charge in [-0.2, -0.15) is 4.40 Å². The number of amides is 2.